The Labute approximate surface area is 172 Å². The van der Waals surface area contributed by atoms with Gasteiger partial charge >= 0.3 is 0 Å². The van der Waals surface area contributed by atoms with Crippen LogP contribution in [-0.4, -0.2) is 28.0 Å². The zero-order chi connectivity index (χ0) is 19.9. The van der Waals surface area contributed by atoms with E-state index in [1.807, 2.05) is 30.3 Å². The first kappa shape index (κ1) is 20.2. The van der Waals surface area contributed by atoms with E-state index in [-0.39, 0.29) is 5.69 Å². The number of carbonyl (C=O) groups excluding carboxylic acids is 1. The molecule has 3 aromatic rings. The molecule has 0 aliphatic carbocycles. The fourth-order valence-electron chi connectivity index (χ4n) is 2.66. The van der Waals surface area contributed by atoms with E-state index in [0.29, 0.717) is 22.9 Å². The van der Waals surface area contributed by atoms with E-state index >= 15 is 0 Å². The molecule has 0 aliphatic heterocycles. The SMILES string of the molecule is Cc1cc(=O)c(C(=O)NCCSCc2ccccc2)nn1-c1ccccc1Cl. The van der Waals surface area contributed by atoms with E-state index in [4.69, 9.17) is 11.6 Å². The van der Waals surface area contributed by atoms with Gasteiger partial charge in [0.15, 0.2) is 5.69 Å². The molecule has 0 fully saturated rings. The Bertz CT molecular complexity index is 1020. The Morgan fingerprint density at radius 2 is 1.86 bits per heavy atom. The van der Waals surface area contributed by atoms with Gasteiger partial charge in [-0.05, 0) is 24.6 Å². The van der Waals surface area contributed by atoms with Crippen LogP contribution in [0.15, 0.2) is 65.5 Å². The van der Waals surface area contributed by atoms with Crippen LogP contribution in [-0.2, 0) is 5.75 Å². The predicted molar refractivity (Wildman–Crippen MR) is 115 cm³/mol. The lowest BCUT2D eigenvalue weighted by molar-refractivity contribution is 0.0948. The van der Waals surface area contributed by atoms with E-state index in [9.17, 15) is 9.59 Å². The maximum Gasteiger partial charge on any atom is 0.275 e. The number of benzene rings is 2. The number of hydrogen-bond donors (Lipinski definition) is 1. The highest BCUT2D eigenvalue weighted by molar-refractivity contribution is 7.98. The Kier molecular flexibility index (Phi) is 6.90. The number of halogens is 1. The van der Waals surface area contributed by atoms with Gasteiger partial charge in [0.1, 0.15) is 0 Å². The molecule has 1 N–H and O–H groups in total. The van der Waals surface area contributed by atoms with Crippen molar-refractivity contribution in [1.29, 1.82) is 0 Å². The fraction of sp³-hybridized carbons (Fsp3) is 0.190. The van der Waals surface area contributed by atoms with Crippen LogP contribution in [0.2, 0.25) is 5.02 Å². The summed E-state index contributed by atoms with van der Waals surface area (Å²) >= 11 is 7.95. The summed E-state index contributed by atoms with van der Waals surface area (Å²) in [5.41, 5.74) is 1.91. The molecule has 1 heterocycles. The number of aryl methyl sites for hydroxylation is 1. The molecule has 7 heteroatoms. The van der Waals surface area contributed by atoms with E-state index in [2.05, 4.69) is 22.5 Å². The molecular weight excluding hydrogens is 394 g/mol. The minimum atomic E-state index is -0.480. The highest BCUT2D eigenvalue weighted by Gasteiger charge is 2.15. The molecule has 0 radical (unpaired) electrons. The predicted octanol–water partition coefficient (Wildman–Crippen LogP) is 3.86. The van der Waals surface area contributed by atoms with Gasteiger partial charge in [0.2, 0.25) is 5.43 Å². The van der Waals surface area contributed by atoms with Gasteiger partial charge in [-0.15, -0.1) is 0 Å². The zero-order valence-corrected chi connectivity index (χ0v) is 17.0. The second kappa shape index (κ2) is 9.57. The zero-order valence-electron chi connectivity index (χ0n) is 15.4. The number of rotatable bonds is 7. The summed E-state index contributed by atoms with van der Waals surface area (Å²) in [5.74, 6) is 1.13. The van der Waals surface area contributed by atoms with Crippen LogP contribution in [0.4, 0.5) is 0 Å². The Morgan fingerprint density at radius 3 is 2.61 bits per heavy atom. The molecule has 0 aliphatic rings. The van der Waals surface area contributed by atoms with Crippen molar-refractivity contribution >= 4 is 29.3 Å². The van der Waals surface area contributed by atoms with Crippen LogP contribution in [0.25, 0.3) is 5.69 Å². The average molecular weight is 414 g/mol. The summed E-state index contributed by atoms with van der Waals surface area (Å²) in [6.07, 6.45) is 0. The van der Waals surface area contributed by atoms with Gasteiger partial charge in [-0.3, -0.25) is 9.59 Å². The molecule has 28 heavy (non-hydrogen) atoms. The lowest BCUT2D eigenvalue weighted by Crippen LogP contribution is -2.33. The summed E-state index contributed by atoms with van der Waals surface area (Å²) < 4.78 is 1.52. The Hall–Kier alpha value is -2.57. The third-order valence-electron chi connectivity index (χ3n) is 4.05. The second-order valence-electron chi connectivity index (χ2n) is 6.16. The number of nitrogens with zero attached hydrogens (tertiary/aromatic N) is 2. The Morgan fingerprint density at radius 1 is 1.14 bits per heavy atom. The van der Waals surface area contributed by atoms with Crippen molar-refractivity contribution in [2.24, 2.45) is 0 Å². The normalized spacial score (nSPS) is 10.6. The van der Waals surface area contributed by atoms with Crippen molar-refractivity contribution in [2.75, 3.05) is 12.3 Å². The second-order valence-corrected chi connectivity index (χ2v) is 7.67. The maximum absolute atomic E-state index is 12.4. The molecule has 0 saturated carbocycles. The topological polar surface area (TPSA) is 64.0 Å². The Balaban J connectivity index is 1.64. The smallest absolute Gasteiger partial charge is 0.275 e. The molecule has 0 bridgehead atoms. The highest BCUT2D eigenvalue weighted by atomic mass is 35.5. The number of para-hydroxylation sites is 1. The first-order valence-electron chi connectivity index (χ1n) is 8.82. The van der Waals surface area contributed by atoms with Crippen molar-refractivity contribution < 1.29 is 4.79 Å². The van der Waals surface area contributed by atoms with Crippen LogP contribution in [0.3, 0.4) is 0 Å². The summed E-state index contributed by atoms with van der Waals surface area (Å²) in [6, 6.07) is 18.7. The average Bonchev–Trinajstić information content (AvgIpc) is 2.69. The van der Waals surface area contributed by atoms with E-state index in [1.165, 1.54) is 16.3 Å². The third kappa shape index (κ3) is 5.03. The van der Waals surface area contributed by atoms with Crippen LogP contribution >= 0.6 is 23.4 Å². The van der Waals surface area contributed by atoms with Gasteiger partial charge < -0.3 is 5.32 Å². The highest BCUT2D eigenvalue weighted by Crippen LogP contribution is 2.19. The first-order valence-corrected chi connectivity index (χ1v) is 10.4. The van der Waals surface area contributed by atoms with Gasteiger partial charge in [0.05, 0.1) is 10.7 Å². The van der Waals surface area contributed by atoms with E-state index in [0.717, 1.165) is 11.5 Å². The standard InChI is InChI=1S/C21H20ClN3O2S/c1-15-13-19(26)20(24-25(15)18-10-6-5-9-17(18)22)21(27)23-11-12-28-14-16-7-3-2-4-8-16/h2-10,13H,11-12,14H2,1H3,(H,23,27). The molecule has 2 aromatic carbocycles. The summed E-state index contributed by atoms with van der Waals surface area (Å²) in [4.78, 5) is 24.7. The minimum Gasteiger partial charge on any atom is -0.350 e. The third-order valence-corrected chi connectivity index (χ3v) is 5.40. The molecule has 0 spiro atoms. The van der Waals surface area contributed by atoms with Crippen molar-refractivity contribution in [1.82, 2.24) is 15.1 Å². The van der Waals surface area contributed by atoms with Crippen molar-refractivity contribution in [3.05, 3.63) is 92.9 Å². The van der Waals surface area contributed by atoms with Gasteiger partial charge in [0, 0.05) is 29.8 Å². The molecule has 0 saturated heterocycles. The number of aromatic nitrogens is 2. The monoisotopic (exact) mass is 413 g/mol. The van der Waals surface area contributed by atoms with Gasteiger partial charge in [0.25, 0.3) is 5.91 Å². The molecule has 1 amide bonds. The summed E-state index contributed by atoms with van der Waals surface area (Å²) in [5, 5.41) is 7.51. The quantitative estimate of drug-likeness (QED) is 0.597. The van der Waals surface area contributed by atoms with Crippen LogP contribution in [0.5, 0.6) is 0 Å². The fourth-order valence-corrected chi connectivity index (χ4v) is 3.69. The van der Waals surface area contributed by atoms with Gasteiger partial charge in [-0.25, -0.2) is 4.68 Å². The van der Waals surface area contributed by atoms with Crippen LogP contribution < -0.4 is 10.7 Å². The van der Waals surface area contributed by atoms with Crippen LogP contribution in [0, 0.1) is 6.92 Å². The van der Waals surface area contributed by atoms with E-state index in [1.54, 1.807) is 30.8 Å². The number of carbonyl (C=O) groups is 1. The van der Waals surface area contributed by atoms with E-state index < -0.39 is 11.3 Å². The summed E-state index contributed by atoms with van der Waals surface area (Å²) in [6.45, 7) is 2.21. The number of thioether (sulfide) groups is 1. The number of nitrogens with one attached hydrogen (secondary N) is 1. The summed E-state index contributed by atoms with van der Waals surface area (Å²) in [7, 11) is 0. The molecule has 5 nitrogen and oxygen atoms in total. The molecule has 3 rings (SSSR count). The molecule has 1 aromatic heterocycles. The molecular formula is C21H20ClN3O2S. The largest absolute Gasteiger partial charge is 0.350 e. The lowest BCUT2D eigenvalue weighted by Gasteiger charge is -2.12. The number of amides is 1. The molecule has 0 unspecified atom stereocenters. The molecule has 0 atom stereocenters. The van der Waals surface area contributed by atoms with Gasteiger partial charge in [-0.2, -0.15) is 16.9 Å². The van der Waals surface area contributed by atoms with Gasteiger partial charge in [-0.1, -0.05) is 54.1 Å². The molecule has 144 valence electrons. The lowest BCUT2D eigenvalue weighted by atomic mass is 10.2. The maximum atomic E-state index is 12.4. The van der Waals surface area contributed by atoms with Crippen LogP contribution in [0.1, 0.15) is 21.7 Å². The van der Waals surface area contributed by atoms with Crippen molar-refractivity contribution in [2.45, 2.75) is 12.7 Å². The van der Waals surface area contributed by atoms with Crippen molar-refractivity contribution in [3.63, 3.8) is 0 Å². The minimum absolute atomic E-state index is 0.140. The number of hydrogen-bond acceptors (Lipinski definition) is 4. The first-order chi connectivity index (χ1) is 13.6. The van der Waals surface area contributed by atoms with Crippen molar-refractivity contribution in [3.8, 4) is 5.69 Å².